The van der Waals surface area contributed by atoms with E-state index in [1.54, 1.807) is 4.90 Å². The Balaban J connectivity index is 1.80. The fourth-order valence-corrected chi connectivity index (χ4v) is 3.02. The number of amides is 1. The highest BCUT2D eigenvalue weighted by Crippen LogP contribution is 2.22. The summed E-state index contributed by atoms with van der Waals surface area (Å²) >= 11 is 0. The fraction of sp³-hybridized carbons (Fsp3) is 0.263. The molecule has 0 unspecified atom stereocenters. The molecule has 1 heterocycles. The molecule has 1 amide bonds. The van der Waals surface area contributed by atoms with Gasteiger partial charge in [-0.1, -0.05) is 48.5 Å². The molecule has 1 fully saturated rings. The zero-order valence-corrected chi connectivity index (χ0v) is 12.8. The van der Waals surface area contributed by atoms with Gasteiger partial charge >= 0.3 is 5.97 Å². The molecule has 1 N–H and O–H groups in total. The zero-order chi connectivity index (χ0) is 16.2. The van der Waals surface area contributed by atoms with Crippen LogP contribution in [0.15, 0.2) is 54.6 Å². The van der Waals surface area contributed by atoms with E-state index in [-0.39, 0.29) is 5.91 Å². The molecule has 4 nitrogen and oxygen atoms in total. The Morgan fingerprint density at radius 1 is 1.04 bits per heavy atom. The molecule has 2 aromatic rings. The molecule has 2 aromatic carbocycles. The second-order valence-electron chi connectivity index (χ2n) is 5.89. The number of likely N-dealkylation sites (tertiary alicyclic amines) is 1. The lowest BCUT2D eigenvalue weighted by Gasteiger charge is -2.18. The Morgan fingerprint density at radius 3 is 2.43 bits per heavy atom. The Morgan fingerprint density at radius 2 is 1.74 bits per heavy atom. The number of carbonyl (C=O) groups is 2. The molecule has 0 saturated carbocycles. The first-order chi connectivity index (χ1) is 11.1. The van der Waals surface area contributed by atoms with Crippen LogP contribution in [-0.4, -0.2) is 35.0 Å². The number of carboxylic acids is 1. The number of nitrogens with zero attached hydrogens (tertiary/aromatic N) is 1. The Kier molecular flexibility index (Phi) is 4.42. The topological polar surface area (TPSA) is 57.6 Å². The van der Waals surface area contributed by atoms with Crippen LogP contribution in [0.25, 0.3) is 0 Å². The molecular weight excluding hydrogens is 290 g/mol. The van der Waals surface area contributed by atoms with Crippen molar-refractivity contribution in [3.05, 3.63) is 71.3 Å². The average molecular weight is 309 g/mol. The van der Waals surface area contributed by atoms with Crippen molar-refractivity contribution in [2.75, 3.05) is 13.1 Å². The minimum Gasteiger partial charge on any atom is -0.481 e. The summed E-state index contributed by atoms with van der Waals surface area (Å²) in [5.41, 5.74) is 2.79. The standard InChI is InChI=1S/C19H19NO3/c21-18(20-11-10-16(13-20)19(22)23)17-9-5-4-8-15(17)12-14-6-2-1-3-7-14/h1-9,16H,10-13H2,(H,22,23)/t16-/m1/s1. The summed E-state index contributed by atoms with van der Waals surface area (Å²) < 4.78 is 0. The van der Waals surface area contributed by atoms with Gasteiger partial charge in [-0.05, 0) is 30.0 Å². The Hall–Kier alpha value is -2.62. The third-order valence-electron chi connectivity index (χ3n) is 4.31. The first-order valence-corrected chi connectivity index (χ1v) is 7.79. The molecule has 118 valence electrons. The molecule has 1 aliphatic rings. The monoisotopic (exact) mass is 309 g/mol. The van der Waals surface area contributed by atoms with Crippen molar-refractivity contribution in [1.29, 1.82) is 0 Å². The molecule has 1 atom stereocenters. The van der Waals surface area contributed by atoms with Gasteiger partial charge in [0.1, 0.15) is 0 Å². The summed E-state index contributed by atoms with van der Waals surface area (Å²) in [6, 6.07) is 17.6. The van der Waals surface area contributed by atoms with Crippen molar-refractivity contribution in [3.63, 3.8) is 0 Å². The van der Waals surface area contributed by atoms with E-state index in [0.29, 0.717) is 31.5 Å². The largest absolute Gasteiger partial charge is 0.481 e. The van der Waals surface area contributed by atoms with Crippen LogP contribution in [-0.2, 0) is 11.2 Å². The molecular formula is C19H19NO3. The molecule has 3 rings (SSSR count). The summed E-state index contributed by atoms with van der Waals surface area (Å²) in [6.07, 6.45) is 1.22. The van der Waals surface area contributed by atoms with Gasteiger partial charge in [-0.2, -0.15) is 0 Å². The van der Waals surface area contributed by atoms with E-state index in [9.17, 15) is 9.59 Å². The second-order valence-corrected chi connectivity index (χ2v) is 5.89. The lowest BCUT2D eigenvalue weighted by Crippen LogP contribution is -2.30. The molecule has 0 aliphatic carbocycles. The van der Waals surface area contributed by atoms with E-state index < -0.39 is 11.9 Å². The number of hydrogen-bond donors (Lipinski definition) is 1. The van der Waals surface area contributed by atoms with Gasteiger partial charge in [0.15, 0.2) is 0 Å². The van der Waals surface area contributed by atoms with Crippen LogP contribution in [0.4, 0.5) is 0 Å². The molecule has 1 aliphatic heterocycles. The van der Waals surface area contributed by atoms with Gasteiger partial charge in [-0.15, -0.1) is 0 Å². The smallest absolute Gasteiger partial charge is 0.308 e. The van der Waals surface area contributed by atoms with Crippen LogP contribution >= 0.6 is 0 Å². The Bertz CT molecular complexity index is 712. The lowest BCUT2D eigenvalue weighted by atomic mass is 9.99. The van der Waals surface area contributed by atoms with E-state index in [1.165, 1.54) is 0 Å². The number of rotatable bonds is 4. The molecule has 23 heavy (non-hydrogen) atoms. The van der Waals surface area contributed by atoms with Gasteiger partial charge in [0.2, 0.25) is 0 Å². The number of carbonyl (C=O) groups excluding carboxylic acids is 1. The van der Waals surface area contributed by atoms with Crippen LogP contribution < -0.4 is 0 Å². The molecule has 0 aromatic heterocycles. The third-order valence-corrected chi connectivity index (χ3v) is 4.31. The predicted octanol–water partition coefficient (Wildman–Crippen LogP) is 2.82. The lowest BCUT2D eigenvalue weighted by molar-refractivity contribution is -0.141. The molecule has 4 heteroatoms. The van der Waals surface area contributed by atoms with Crippen molar-refractivity contribution < 1.29 is 14.7 Å². The number of benzene rings is 2. The molecule has 0 spiro atoms. The molecule has 0 bridgehead atoms. The normalized spacial score (nSPS) is 17.2. The summed E-state index contributed by atoms with van der Waals surface area (Å²) in [6.45, 7) is 0.809. The number of hydrogen-bond acceptors (Lipinski definition) is 2. The predicted molar refractivity (Wildman–Crippen MR) is 87.3 cm³/mol. The van der Waals surface area contributed by atoms with Gasteiger partial charge in [0.25, 0.3) is 5.91 Å². The van der Waals surface area contributed by atoms with Crippen molar-refractivity contribution in [2.24, 2.45) is 5.92 Å². The average Bonchev–Trinajstić information content (AvgIpc) is 3.06. The van der Waals surface area contributed by atoms with Crippen molar-refractivity contribution in [3.8, 4) is 0 Å². The van der Waals surface area contributed by atoms with Gasteiger partial charge < -0.3 is 10.0 Å². The fourth-order valence-electron chi connectivity index (χ4n) is 3.02. The highest BCUT2D eigenvalue weighted by molar-refractivity contribution is 5.96. The first-order valence-electron chi connectivity index (χ1n) is 7.79. The van der Waals surface area contributed by atoms with Crippen molar-refractivity contribution in [1.82, 2.24) is 4.90 Å². The van der Waals surface area contributed by atoms with Gasteiger partial charge in [-0.25, -0.2) is 0 Å². The van der Waals surface area contributed by atoms with E-state index in [4.69, 9.17) is 5.11 Å². The maximum absolute atomic E-state index is 12.8. The van der Waals surface area contributed by atoms with Crippen molar-refractivity contribution in [2.45, 2.75) is 12.8 Å². The summed E-state index contributed by atoms with van der Waals surface area (Å²) in [7, 11) is 0. The quantitative estimate of drug-likeness (QED) is 0.945. The van der Waals surface area contributed by atoms with Crippen LogP contribution in [0.2, 0.25) is 0 Å². The van der Waals surface area contributed by atoms with Crippen LogP contribution in [0.1, 0.15) is 27.9 Å². The third kappa shape index (κ3) is 3.42. The SMILES string of the molecule is O=C(O)[C@@H]1CCN(C(=O)c2ccccc2Cc2ccccc2)C1. The van der Waals surface area contributed by atoms with Gasteiger partial charge in [0.05, 0.1) is 5.92 Å². The second kappa shape index (κ2) is 6.65. The highest BCUT2D eigenvalue weighted by Gasteiger charge is 2.31. The van der Waals surface area contributed by atoms with E-state index in [2.05, 4.69) is 0 Å². The summed E-state index contributed by atoms with van der Waals surface area (Å²) in [4.78, 5) is 25.5. The van der Waals surface area contributed by atoms with Crippen LogP contribution in [0.3, 0.4) is 0 Å². The maximum atomic E-state index is 12.8. The van der Waals surface area contributed by atoms with Gasteiger partial charge in [0, 0.05) is 18.7 Å². The first kappa shape index (κ1) is 15.3. The van der Waals surface area contributed by atoms with Gasteiger partial charge in [-0.3, -0.25) is 9.59 Å². The van der Waals surface area contributed by atoms with Crippen LogP contribution in [0.5, 0.6) is 0 Å². The summed E-state index contributed by atoms with van der Waals surface area (Å²) in [5, 5.41) is 9.09. The Labute approximate surface area is 135 Å². The minimum absolute atomic E-state index is 0.0692. The van der Waals surface area contributed by atoms with E-state index in [1.807, 2.05) is 54.6 Å². The molecule has 0 radical (unpaired) electrons. The van der Waals surface area contributed by atoms with E-state index >= 15 is 0 Å². The minimum atomic E-state index is -0.821. The number of aliphatic carboxylic acids is 1. The highest BCUT2D eigenvalue weighted by atomic mass is 16.4. The zero-order valence-electron chi connectivity index (χ0n) is 12.8. The van der Waals surface area contributed by atoms with Crippen LogP contribution in [0, 0.1) is 5.92 Å². The van der Waals surface area contributed by atoms with E-state index in [0.717, 1.165) is 11.1 Å². The number of carboxylic acid groups (broad SMARTS) is 1. The summed E-state index contributed by atoms with van der Waals surface area (Å²) in [5.74, 6) is -1.33. The maximum Gasteiger partial charge on any atom is 0.308 e. The van der Waals surface area contributed by atoms with Crippen molar-refractivity contribution >= 4 is 11.9 Å². The molecule has 1 saturated heterocycles.